The van der Waals surface area contributed by atoms with E-state index in [2.05, 4.69) is 10.6 Å². The molecule has 3 aromatic carbocycles. The molecular formula is C25H20FN3O5. The number of para-hydroxylation sites is 1. The molecule has 3 aromatic rings. The van der Waals surface area contributed by atoms with Crippen LogP contribution < -0.4 is 20.1 Å². The second-order valence-corrected chi connectivity index (χ2v) is 6.89. The summed E-state index contributed by atoms with van der Waals surface area (Å²) in [6, 6.07) is 17.7. The molecule has 8 nitrogen and oxygen atoms in total. The Kier molecular flexibility index (Phi) is 7.81. The zero-order valence-electron chi connectivity index (χ0n) is 18.0. The molecule has 3 rings (SSSR count). The lowest BCUT2D eigenvalue weighted by molar-refractivity contribution is -0.118. The van der Waals surface area contributed by atoms with Gasteiger partial charge < -0.3 is 25.2 Å². The zero-order valence-corrected chi connectivity index (χ0v) is 18.0. The van der Waals surface area contributed by atoms with Crippen molar-refractivity contribution in [2.24, 2.45) is 0 Å². The summed E-state index contributed by atoms with van der Waals surface area (Å²) in [5.41, 5.74) is 0.907. The average Bonchev–Trinajstić information content (AvgIpc) is 2.84. The molecule has 9 heteroatoms. The molecule has 3 N–H and O–H groups in total. The number of halogens is 1. The first-order valence-electron chi connectivity index (χ1n) is 9.97. The SMILES string of the molecule is COc1cccc(C=C(C#N)C(=O)Nc2ccc(O)cc2)c1OCC(=O)Nc1ccc(F)cc1. The van der Waals surface area contributed by atoms with Crippen LogP contribution in [0.2, 0.25) is 0 Å². The lowest BCUT2D eigenvalue weighted by atomic mass is 10.1. The summed E-state index contributed by atoms with van der Waals surface area (Å²) >= 11 is 0. The van der Waals surface area contributed by atoms with Gasteiger partial charge in [0.15, 0.2) is 18.1 Å². The number of rotatable bonds is 8. The van der Waals surface area contributed by atoms with Crippen LogP contribution in [0.3, 0.4) is 0 Å². The van der Waals surface area contributed by atoms with Crippen molar-refractivity contribution in [2.45, 2.75) is 0 Å². The van der Waals surface area contributed by atoms with E-state index in [1.165, 1.54) is 61.7 Å². The molecule has 2 amide bonds. The molecule has 0 spiro atoms. The minimum Gasteiger partial charge on any atom is -0.508 e. The summed E-state index contributed by atoms with van der Waals surface area (Å²) in [5, 5.41) is 24.0. The van der Waals surface area contributed by atoms with Gasteiger partial charge in [0, 0.05) is 16.9 Å². The number of methoxy groups -OCH3 is 1. The van der Waals surface area contributed by atoms with Gasteiger partial charge in [-0.2, -0.15) is 5.26 Å². The van der Waals surface area contributed by atoms with Crippen LogP contribution in [-0.4, -0.2) is 30.6 Å². The number of benzene rings is 3. The van der Waals surface area contributed by atoms with E-state index < -0.39 is 24.2 Å². The summed E-state index contributed by atoms with van der Waals surface area (Å²) in [7, 11) is 1.41. The highest BCUT2D eigenvalue weighted by Crippen LogP contribution is 2.33. The first-order valence-corrected chi connectivity index (χ1v) is 9.97. The van der Waals surface area contributed by atoms with Crippen LogP contribution in [-0.2, 0) is 9.59 Å². The summed E-state index contributed by atoms with van der Waals surface area (Å²) in [6.07, 6.45) is 1.31. The molecule has 0 saturated heterocycles. The quantitative estimate of drug-likeness (QED) is 0.264. The van der Waals surface area contributed by atoms with Crippen LogP contribution in [0.25, 0.3) is 6.08 Å². The van der Waals surface area contributed by atoms with Gasteiger partial charge in [0.1, 0.15) is 23.2 Å². The van der Waals surface area contributed by atoms with E-state index in [4.69, 9.17) is 9.47 Å². The lowest BCUT2D eigenvalue weighted by Crippen LogP contribution is -2.20. The van der Waals surface area contributed by atoms with Crippen LogP contribution in [0.1, 0.15) is 5.56 Å². The summed E-state index contributed by atoms with van der Waals surface area (Å²) in [6.45, 7) is -0.403. The molecule has 0 bridgehead atoms. The van der Waals surface area contributed by atoms with Gasteiger partial charge in [-0.05, 0) is 60.7 Å². The Morgan fingerprint density at radius 1 is 1.03 bits per heavy atom. The minimum absolute atomic E-state index is 0.0377. The van der Waals surface area contributed by atoms with Crippen molar-refractivity contribution in [3.8, 4) is 23.3 Å². The summed E-state index contributed by atoms with van der Waals surface area (Å²) < 4.78 is 24.0. The standard InChI is InChI=1S/C25H20FN3O5/c1-33-22-4-2-3-16(13-17(14-27)25(32)29-20-9-11-21(30)12-10-20)24(22)34-15-23(31)28-19-7-5-18(26)6-8-19/h2-13,30H,15H2,1H3,(H,28,31)(H,29,32). The number of hydrogen-bond donors (Lipinski definition) is 3. The van der Waals surface area contributed by atoms with Gasteiger partial charge in [-0.1, -0.05) is 12.1 Å². The second-order valence-electron chi connectivity index (χ2n) is 6.89. The maximum Gasteiger partial charge on any atom is 0.266 e. The molecule has 0 aliphatic heterocycles. The second kappa shape index (κ2) is 11.2. The Morgan fingerprint density at radius 3 is 2.32 bits per heavy atom. The number of carbonyl (C=O) groups is 2. The third-order valence-corrected chi connectivity index (χ3v) is 4.49. The Labute approximate surface area is 194 Å². The molecule has 0 aliphatic rings. The number of ether oxygens (including phenoxy) is 2. The van der Waals surface area contributed by atoms with Crippen molar-refractivity contribution in [3.63, 3.8) is 0 Å². The number of carbonyl (C=O) groups excluding carboxylic acids is 2. The van der Waals surface area contributed by atoms with Crippen LogP contribution in [0.15, 0.2) is 72.3 Å². The molecule has 0 heterocycles. The highest BCUT2D eigenvalue weighted by Gasteiger charge is 2.15. The van der Waals surface area contributed by atoms with Crippen molar-refractivity contribution in [3.05, 3.63) is 83.7 Å². The number of nitrogens with one attached hydrogen (secondary N) is 2. The van der Waals surface area contributed by atoms with Gasteiger partial charge in [0.2, 0.25) is 0 Å². The fourth-order valence-corrected chi connectivity index (χ4v) is 2.88. The number of nitriles is 1. The smallest absolute Gasteiger partial charge is 0.266 e. The predicted molar refractivity (Wildman–Crippen MR) is 124 cm³/mol. The van der Waals surface area contributed by atoms with Crippen LogP contribution in [0.4, 0.5) is 15.8 Å². The van der Waals surface area contributed by atoms with Crippen molar-refractivity contribution in [1.29, 1.82) is 5.26 Å². The summed E-state index contributed by atoms with van der Waals surface area (Å²) in [5.74, 6) is -1.11. The predicted octanol–water partition coefficient (Wildman–Crippen LogP) is 4.10. The molecule has 172 valence electrons. The molecular weight excluding hydrogens is 441 g/mol. The fraction of sp³-hybridized carbons (Fsp3) is 0.0800. The Bertz CT molecular complexity index is 1250. The number of phenols is 1. The number of anilines is 2. The zero-order chi connectivity index (χ0) is 24.5. The van der Waals surface area contributed by atoms with Crippen molar-refractivity contribution < 1.29 is 28.6 Å². The minimum atomic E-state index is -0.670. The molecule has 0 fully saturated rings. The van der Waals surface area contributed by atoms with E-state index >= 15 is 0 Å². The number of phenolic OH excluding ortho intramolecular Hbond substituents is 1. The highest BCUT2D eigenvalue weighted by atomic mass is 19.1. The first-order chi connectivity index (χ1) is 16.4. The van der Waals surface area contributed by atoms with Crippen LogP contribution in [0.5, 0.6) is 17.2 Å². The van der Waals surface area contributed by atoms with E-state index in [0.29, 0.717) is 22.7 Å². The Balaban J connectivity index is 1.78. The van der Waals surface area contributed by atoms with Gasteiger partial charge in [0.25, 0.3) is 11.8 Å². The third-order valence-electron chi connectivity index (χ3n) is 4.49. The Hall–Kier alpha value is -4.84. The molecule has 0 aliphatic carbocycles. The third kappa shape index (κ3) is 6.34. The van der Waals surface area contributed by atoms with Crippen LogP contribution >= 0.6 is 0 Å². The van der Waals surface area contributed by atoms with Crippen molar-refractivity contribution in [1.82, 2.24) is 0 Å². The van der Waals surface area contributed by atoms with Gasteiger partial charge in [-0.25, -0.2) is 4.39 Å². The van der Waals surface area contributed by atoms with E-state index in [-0.39, 0.29) is 17.1 Å². The van der Waals surface area contributed by atoms with Gasteiger partial charge in [0.05, 0.1) is 7.11 Å². The molecule has 0 unspecified atom stereocenters. The molecule has 0 atom stereocenters. The van der Waals surface area contributed by atoms with Gasteiger partial charge >= 0.3 is 0 Å². The Morgan fingerprint density at radius 2 is 1.68 bits per heavy atom. The largest absolute Gasteiger partial charge is 0.508 e. The average molecular weight is 461 g/mol. The molecule has 34 heavy (non-hydrogen) atoms. The van der Waals surface area contributed by atoms with Crippen molar-refractivity contribution >= 4 is 29.3 Å². The van der Waals surface area contributed by atoms with E-state index in [0.717, 1.165) is 0 Å². The van der Waals surface area contributed by atoms with E-state index in [1.54, 1.807) is 18.2 Å². The van der Waals surface area contributed by atoms with Gasteiger partial charge in [-0.3, -0.25) is 9.59 Å². The van der Waals surface area contributed by atoms with E-state index in [9.17, 15) is 24.3 Å². The van der Waals surface area contributed by atoms with E-state index in [1.807, 2.05) is 6.07 Å². The highest BCUT2D eigenvalue weighted by molar-refractivity contribution is 6.10. The number of aromatic hydroxyl groups is 1. The molecule has 0 saturated carbocycles. The monoisotopic (exact) mass is 461 g/mol. The summed E-state index contributed by atoms with van der Waals surface area (Å²) in [4.78, 5) is 24.8. The molecule has 0 radical (unpaired) electrons. The number of nitrogens with zero attached hydrogens (tertiary/aromatic N) is 1. The maximum absolute atomic E-state index is 13.0. The normalized spacial score (nSPS) is 10.7. The molecule has 0 aromatic heterocycles. The first kappa shape index (κ1) is 23.8. The van der Waals surface area contributed by atoms with Crippen molar-refractivity contribution in [2.75, 3.05) is 24.4 Å². The lowest BCUT2D eigenvalue weighted by Gasteiger charge is -2.14. The number of amides is 2. The van der Waals surface area contributed by atoms with Gasteiger partial charge in [-0.15, -0.1) is 0 Å². The maximum atomic E-state index is 13.0. The topological polar surface area (TPSA) is 121 Å². The van der Waals surface area contributed by atoms with Crippen LogP contribution in [0, 0.1) is 17.1 Å². The number of hydrogen-bond acceptors (Lipinski definition) is 6. The fourth-order valence-electron chi connectivity index (χ4n) is 2.88.